The van der Waals surface area contributed by atoms with Crippen molar-refractivity contribution in [3.8, 4) is 5.69 Å². The Morgan fingerprint density at radius 2 is 1.87 bits per heavy atom. The first kappa shape index (κ1) is 14.5. The van der Waals surface area contributed by atoms with Crippen LogP contribution in [0.1, 0.15) is 15.9 Å². The zero-order valence-corrected chi connectivity index (χ0v) is 12.1. The number of anilines is 1. The Balaban J connectivity index is 1.64. The Morgan fingerprint density at radius 1 is 1.13 bits per heavy atom. The van der Waals surface area contributed by atoms with Crippen molar-refractivity contribution in [2.75, 3.05) is 5.43 Å². The minimum absolute atomic E-state index is 0.128. The smallest absolute Gasteiger partial charge is 0.0715 e. The van der Waals surface area contributed by atoms with Crippen LogP contribution in [-0.4, -0.2) is 22.0 Å². The average molecular weight is 305 g/mol. The number of nitrogens with one attached hydrogen (secondary N) is 1. The lowest BCUT2D eigenvalue weighted by molar-refractivity contribution is -0.255. The number of para-hydroxylation sites is 1. The minimum Gasteiger partial charge on any atom is -0.545 e. The zero-order chi connectivity index (χ0) is 16.1. The van der Waals surface area contributed by atoms with E-state index in [1.54, 1.807) is 29.2 Å². The lowest BCUT2D eigenvalue weighted by Gasteiger charge is -2.03. The largest absolute Gasteiger partial charge is 0.545 e. The summed E-state index contributed by atoms with van der Waals surface area (Å²) in [4.78, 5) is 10.7. The molecule has 0 radical (unpaired) electrons. The van der Waals surface area contributed by atoms with Gasteiger partial charge in [-0.15, -0.1) is 0 Å². The Bertz CT molecular complexity index is 823. The van der Waals surface area contributed by atoms with Crippen LogP contribution in [-0.2, 0) is 0 Å². The maximum atomic E-state index is 10.7. The normalized spacial score (nSPS) is 10.8. The molecule has 3 aromatic rings. The maximum absolute atomic E-state index is 10.7. The first-order valence-electron chi connectivity index (χ1n) is 6.93. The second-order valence-electron chi connectivity index (χ2n) is 4.79. The maximum Gasteiger partial charge on any atom is 0.0715 e. The van der Waals surface area contributed by atoms with Crippen LogP contribution in [0, 0.1) is 0 Å². The van der Waals surface area contributed by atoms with Crippen molar-refractivity contribution in [2.24, 2.45) is 5.10 Å². The molecule has 0 aliphatic rings. The summed E-state index contributed by atoms with van der Waals surface area (Å²) < 4.78 is 1.76. The minimum atomic E-state index is -1.20. The highest BCUT2D eigenvalue weighted by molar-refractivity contribution is 5.86. The fourth-order valence-corrected chi connectivity index (χ4v) is 1.99. The molecule has 0 fully saturated rings. The van der Waals surface area contributed by atoms with Crippen LogP contribution in [0.3, 0.4) is 0 Å². The van der Waals surface area contributed by atoms with Gasteiger partial charge in [0.1, 0.15) is 0 Å². The Hall–Kier alpha value is -3.41. The molecule has 0 atom stereocenters. The van der Waals surface area contributed by atoms with Gasteiger partial charge >= 0.3 is 0 Å². The van der Waals surface area contributed by atoms with Gasteiger partial charge in [0.25, 0.3) is 0 Å². The Morgan fingerprint density at radius 3 is 2.57 bits per heavy atom. The number of benzene rings is 2. The van der Waals surface area contributed by atoms with Gasteiger partial charge in [-0.2, -0.15) is 10.2 Å². The summed E-state index contributed by atoms with van der Waals surface area (Å²) >= 11 is 0. The molecular weight excluding hydrogens is 292 g/mol. The molecule has 3 rings (SSSR count). The molecule has 1 aromatic heterocycles. The molecule has 114 valence electrons. The van der Waals surface area contributed by atoms with Crippen molar-refractivity contribution >= 4 is 17.9 Å². The highest BCUT2D eigenvalue weighted by atomic mass is 16.4. The van der Waals surface area contributed by atoms with E-state index in [1.807, 2.05) is 36.5 Å². The van der Waals surface area contributed by atoms with Crippen LogP contribution in [0.5, 0.6) is 0 Å². The van der Waals surface area contributed by atoms with Crippen molar-refractivity contribution in [1.82, 2.24) is 9.78 Å². The predicted molar refractivity (Wildman–Crippen MR) is 85.6 cm³/mol. The van der Waals surface area contributed by atoms with Crippen LogP contribution in [0.2, 0.25) is 0 Å². The molecule has 1 heterocycles. The van der Waals surface area contributed by atoms with Gasteiger partial charge in [-0.05, 0) is 29.8 Å². The van der Waals surface area contributed by atoms with Gasteiger partial charge in [0, 0.05) is 11.8 Å². The summed E-state index contributed by atoms with van der Waals surface area (Å²) in [5, 5.41) is 19.0. The lowest BCUT2D eigenvalue weighted by atomic mass is 10.2. The number of rotatable bonds is 5. The number of hydrogen-bond acceptors (Lipinski definition) is 5. The summed E-state index contributed by atoms with van der Waals surface area (Å²) in [5.74, 6) is -1.20. The number of carboxylic acid groups (broad SMARTS) is 1. The molecule has 0 amide bonds. The molecule has 2 aromatic carbocycles. The van der Waals surface area contributed by atoms with Crippen LogP contribution in [0.4, 0.5) is 5.69 Å². The van der Waals surface area contributed by atoms with E-state index in [1.165, 1.54) is 12.1 Å². The van der Waals surface area contributed by atoms with E-state index in [0.29, 0.717) is 5.69 Å². The summed E-state index contributed by atoms with van der Waals surface area (Å²) in [6, 6.07) is 15.9. The molecule has 0 bridgehead atoms. The highest BCUT2D eigenvalue weighted by Crippen LogP contribution is 2.09. The van der Waals surface area contributed by atoms with Crippen LogP contribution in [0.15, 0.2) is 72.1 Å². The van der Waals surface area contributed by atoms with Gasteiger partial charge in [-0.3, -0.25) is 5.43 Å². The zero-order valence-electron chi connectivity index (χ0n) is 12.1. The highest BCUT2D eigenvalue weighted by Gasteiger charge is 1.98. The Labute approximate surface area is 132 Å². The van der Waals surface area contributed by atoms with Gasteiger partial charge < -0.3 is 9.90 Å². The number of aromatic carboxylic acids is 1. The molecule has 0 spiro atoms. The number of hydrogen-bond donors (Lipinski definition) is 1. The molecule has 0 aliphatic carbocycles. The first-order chi connectivity index (χ1) is 11.2. The van der Waals surface area contributed by atoms with E-state index in [0.717, 1.165) is 11.3 Å². The number of aromatic nitrogens is 2. The number of carboxylic acids is 1. The van der Waals surface area contributed by atoms with Gasteiger partial charge in [0.15, 0.2) is 0 Å². The molecular formula is C17H13N4O2-. The van der Waals surface area contributed by atoms with Crippen molar-refractivity contribution in [3.05, 3.63) is 78.1 Å². The van der Waals surface area contributed by atoms with E-state index >= 15 is 0 Å². The van der Waals surface area contributed by atoms with Crippen molar-refractivity contribution in [1.29, 1.82) is 0 Å². The SMILES string of the molecule is O=C([O-])c1ccc(N/N=C\c2cnn(-c3ccccc3)c2)cc1. The molecule has 0 aliphatic heterocycles. The van der Waals surface area contributed by atoms with E-state index in [4.69, 9.17) is 0 Å². The van der Waals surface area contributed by atoms with Gasteiger partial charge in [-0.1, -0.05) is 30.3 Å². The van der Waals surface area contributed by atoms with Crippen molar-refractivity contribution < 1.29 is 9.90 Å². The fourth-order valence-electron chi connectivity index (χ4n) is 1.99. The van der Waals surface area contributed by atoms with Gasteiger partial charge in [0.05, 0.1) is 29.8 Å². The molecule has 23 heavy (non-hydrogen) atoms. The first-order valence-corrected chi connectivity index (χ1v) is 6.93. The van der Waals surface area contributed by atoms with E-state index in [9.17, 15) is 9.90 Å². The number of nitrogens with zero attached hydrogens (tertiary/aromatic N) is 3. The summed E-state index contributed by atoms with van der Waals surface area (Å²) in [6.45, 7) is 0. The van der Waals surface area contributed by atoms with E-state index in [2.05, 4.69) is 15.6 Å². The molecule has 0 unspecified atom stereocenters. The fraction of sp³-hybridized carbons (Fsp3) is 0. The molecule has 6 heteroatoms. The Kier molecular flexibility index (Phi) is 4.15. The lowest BCUT2D eigenvalue weighted by Crippen LogP contribution is -2.21. The molecule has 6 nitrogen and oxygen atoms in total. The number of carbonyl (C=O) groups is 1. The van der Waals surface area contributed by atoms with Crippen molar-refractivity contribution in [3.63, 3.8) is 0 Å². The topological polar surface area (TPSA) is 82.3 Å². The van der Waals surface area contributed by atoms with Crippen molar-refractivity contribution in [2.45, 2.75) is 0 Å². The molecule has 0 saturated carbocycles. The van der Waals surface area contributed by atoms with E-state index in [-0.39, 0.29) is 5.56 Å². The predicted octanol–water partition coefficient (Wildman–Crippen LogP) is 1.68. The monoisotopic (exact) mass is 305 g/mol. The standard InChI is InChI=1S/C17H14N4O2/c22-17(23)14-6-8-15(9-7-14)20-18-10-13-11-19-21(12-13)16-4-2-1-3-5-16/h1-12,20H,(H,22,23)/p-1/b18-10-. The van der Waals surface area contributed by atoms with Crippen LogP contribution < -0.4 is 10.5 Å². The summed E-state index contributed by atoms with van der Waals surface area (Å²) in [7, 11) is 0. The third-order valence-electron chi connectivity index (χ3n) is 3.15. The molecule has 0 saturated heterocycles. The van der Waals surface area contributed by atoms with Gasteiger partial charge in [-0.25, -0.2) is 4.68 Å². The number of carbonyl (C=O) groups excluding carboxylic acids is 1. The summed E-state index contributed by atoms with van der Waals surface area (Å²) in [6.07, 6.45) is 5.20. The quantitative estimate of drug-likeness (QED) is 0.574. The second-order valence-corrected chi connectivity index (χ2v) is 4.79. The van der Waals surface area contributed by atoms with Crippen LogP contribution >= 0.6 is 0 Å². The van der Waals surface area contributed by atoms with Gasteiger partial charge in [0.2, 0.25) is 0 Å². The third kappa shape index (κ3) is 3.62. The van der Waals surface area contributed by atoms with Crippen LogP contribution in [0.25, 0.3) is 5.69 Å². The number of hydrazone groups is 1. The van der Waals surface area contributed by atoms with E-state index < -0.39 is 5.97 Å². The third-order valence-corrected chi connectivity index (χ3v) is 3.15. The second kappa shape index (κ2) is 6.57. The summed E-state index contributed by atoms with van der Waals surface area (Å²) in [5.41, 5.74) is 5.45. The molecule has 1 N–H and O–H groups in total. The average Bonchev–Trinajstić information content (AvgIpc) is 3.05.